The number of benzene rings is 2. The van der Waals surface area contributed by atoms with Crippen molar-refractivity contribution in [3.05, 3.63) is 70.1 Å². The van der Waals surface area contributed by atoms with Gasteiger partial charge in [-0.3, -0.25) is 4.79 Å². The molecule has 2 nitrogen and oxygen atoms in total. The molecule has 1 aromatic heterocycles. The Hall–Kier alpha value is -1.75. The Labute approximate surface area is 154 Å². The van der Waals surface area contributed by atoms with Gasteiger partial charge in [-0.05, 0) is 29.8 Å². The van der Waals surface area contributed by atoms with Crippen molar-refractivity contribution in [3.63, 3.8) is 0 Å². The summed E-state index contributed by atoms with van der Waals surface area (Å²) in [7, 11) is 1.77. The fourth-order valence-electron chi connectivity index (χ4n) is 2.80. The van der Waals surface area contributed by atoms with E-state index in [9.17, 15) is 4.79 Å². The summed E-state index contributed by atoms with van der Waals surface area (Å²) < 4.78 is 0. The highest BCUT2D eigenvalue weighted by molar-refractivity contribution is 7.98. The highest BCUT2D eigenvalue weighted by Crippen LogP contribution is 2.45. The van der Waals surface area contributed by atoms with Gasteiger partial charge in [0.25, 0.3) is 5.91 Å². The summed E-state index contributed by atoms with van der Waals surface area (Å²) in [5.41, 5.74) is 3.19. The lowest BCUT2D eigenvalue weighted by atomic mass is 10.1. The molecule has 120 valence electrons. The Kier molecular flexibility index (Phi) is 4.12. The lowest BCUT2D eigenvalue weighted by molar-refractivity contribution is 0.0997. The molecule has 0 spiro atoms. The number of nitrogens with zero attached hydrogens (tertiary/aromatic N) is 1. The van der Waals surface area contributed by atoms with Crippen LogP contribution >= 0.6 is 34.7 Å². The normalized spacial score (nSPS) is 12.4. The summed E-state index contributed by atoms with van der Waals surface area (Å²) in [6.45, 7) is 0. The molecule has 1 amide bonds. The molecule has 3 aromatic rings. The highest BCUT2D eigenvalue weighted by atomic mass is 35.5. The van der Waals surface area contributed by atoms with E-state index < -0.39 is 0 Å². The fraction of sp³-hybridized carbons (Fsp3) is 0.105. The van der Waals surface area contributed by atoms with Crippen molar-refractivity contribution in [1.82, 2.24) is 0 Å². The molecule has 0 N–H and O–H groups in total. The van der Waals surface area contributed by atoms with Gasteiger partial charge < -0.3 is 4.90 Å². The van der Waals surface area contributed by atoms with Gasteiger partial charge >= 0.3 is 0 Å². The van der Waals surface area contributed by atoms with E-state index in [4.69, 9.17) is 11.6 Å². The number of anilines is 1. The number of hydrogen-bond donors (Lipinski definition) is 0. The van der Waals surface area contributed by atoms with Crippen molar-refractivity contribution in [2.24, 2.45) is 0 Å². The Morgan fingerprint density at radius 1 is 1.12 bits per heavy atom. The van der Waals surface area contributed by atoms with Gasteiger partial charge in [-0.25, -0.2) is 0 Å². The number of hydrogen-bond acceptors (Lipinski definition) is 3. The first-order valence-electron chi connectivity index (χ1n) is 7.52. The zero-order chi connectivity index (χ0) is 16.7. The van der Waals surface area contributed by atoms with Crippen LogP contribution in [-0.4, -0.2) is 13.0 Å². The van der Waals surface area contributed by atoms with Gasteiger partial charge in [0, 0.05) is 28.1 Å². The lowest BCUT2D eigenvalue weighted by Crippen LogP contribution is -2.25. The first-order valence-corrected chi connectivity index (χ1v) is 9.70. The maximum atomic E-state index is 12.9. The summed E-state index contributed by atoms with van der Waals surface area (Å²) >= 11 is 9.62. The molecule has 0 aliphatic carbocycles. The summed E-state index contributed by atoms with van der Waals surface area (Å²) in [6, 6.07) is 17.8. The molecule has 0 radical (unpaired) electrons. The van der Waals surface area contributed by atoms with Gasteiger partial charge in [0.05, 0.1) is 15.6 Å². The molecule has 4 rings (SSSR count). The minimum atomic E-state index is -0.0232. The molecule has 0 fully saturated rings. The van der Waals surface area contributed by atoms with E-state index in [0.717, 1.165) is 16.3 Å². The molecule has 1 aliphatic heterocycles. The number of para-hydroxylation sites is 1. The third-order valence-corrected chi connectivity index (χ3v) is 6.69. The first kappa shape index (κ1) is 15.8. The molecule has 0 saturated carbocycles. The smallest absolute Gasteiger partial charge is 0.268 e. The van der Waals surface area contributed by atoms with Crippen LogP contribution in [0.4, 0.5) is 5.69 Å². The lowest BCUT2D eigenvalue weighted by Gasteiger charge is -2.17. The Morgan fingerprint density at radius 2 is 1.88 bits per heavy atom. The molecule has 2 heterocycles. The molecule has 1 aliphatic rings. The van der Waals surface area contributed by atoms with Crippen LogP contribution in [0.15, 0.2) is 59.5 Å². The van der Waals surface area contributed by atoms with Crippen LogP contribution in [0, 0.1) is 0 Å². The van der Waals surface area contributed by atoms with Crippen LogP contribution in [0.5, 0.6) is 0 Å². The Morgan fingerprint density at radius 3 is 2.71 bits per heavy atom. The number of rotatable bonds is 2. The van der Waals surface area contributed by atoms with E-state index in [1.54, 1.807) is 29.4 Å². The number of halogens is 1. The van der Waals surface area contributed by atoms with Crippen LogP contribution in [0.1, 0.15) is 15.2 Å². The maximum Gasteiger partial charge on any atom is 0.268 e. The zero-order valence-electron chi connectivity index (χ0n) is 13.0. The number of thioether (sulfide) groups is 1. The van der Waals surface area contributed by atoms with E-state index in [0.29, 0.717) is 5.02 Å². The van der Waals surface area contributed by atoms with Crippen molar-refractivity contribution in [3.8, 4) is 10.4 Å². The predicted octanol–water partition coefficient (Wildman–Crippen LogP) is 5.95. The van der Waals surface area contributed by atoms with Crippen molar-refractivity contribution in [1.29, 1.82) is 0 Å². The number of carbonyl (C=O) groups excluding carboxylic acids is 1. The monoisotopic (exact) mass is 371 g/mol. The molecular formula is C19H14ClNOS2. The standard InChI is InChI=1S/C19H14ClNOS2/c1-21(15-8-4-3-7-14(15)20)19(22)17-10-12-11-23-16-9-5-2-6-13(16)18(12)24-17/h2-10H,11H2,1H3. The van der Waals surface area contributed by atoms with Crippen LogP contribution in [0.3, 0.4) is 0 Å². The quantitative estimate of drug-likeness (QED) is 0.554. The van der Waals surface area contributed by atoms with Gasteiger partial charge in [-0.2, -0.15) is 0 Å². The van der Waals surface area contributed by atoms with Crippen molar-refractivity contribution >= 4 is 46.3 Å². The van der Waals surface area contributed by atoms with E-state index in [1.165, 1.54) is 20.9 Å². The third-order valence-electron chi connectivity index (χ3n) is 4.05. The fourth-order valence-corrected chi connectivity index (χ4v) is 5.46. The largest absolute Gasteiger partial charge is 0.309 e. The second-order valence-electron chi connectivity index (χ2n) is 5.57. The molecule has 2 aromatic carbocycles. The van der Waals surface area contributed by atoms with Gasteiger partial charge in [0.2, 0.25) is 0 Å². The Balaban J connectivity index is 1.71. The topological polar surface area (TPSA) is 20.3 Å². The average Bonchev–Trinajstić information content (AvgIpc) is 3.05. The summed E-state index contributed by atoms with van der Waals surface area (Å²) in [4.78, 5) is 17.8. The van der Waals surface area contributed by atoms with Crippen LogP contribution < -0.4 is 4.90 Å². The zero-order valence-corrected chi connectivity index (χ0v) is 15.3. The number of thiophene rings is 1. The van der Waals surface area contributed by atoms with Crippen molar-refractivity contribution < 1.29 is 4.79 Å². The Bertz CT molecular complexity index is 935. The second kappa shape index (κ2) is 6.28. The van der Waals surface area contributed by atoms with Crippen molar-refractivity contribution in [2.75, 3.05) is 11.9 Å². The van der Waals surface area contributed by atoms with E-state index >= 15 is 0 Å². The number of fused-ring (bicyclic) bond motifs is 3. The molecule has 0 unspecified atom stereocenters. The van der Waals surface area contributed by atoms with Gasteiger partial charge in [0.1, 0.15) is 0 Å². The van der Waals surface area contributed by atoms with Crippen LogP contribution in [0.25, 0.3) is 10.4 Å². The SMILES string of the molecule is CN(C(=O)c1cc2c(s1)-c1ccccc1SC2)c1ccccc1Cl. The van der Waals surface area contributed by atoms with Crippen molar-refractivity contribution in [2.45, 2.75) is 10.6 Å². The third kappa shape index (κ3) is 2.65. The van der Waals surface area contributed by atoms with Gasteiger partial charge in [-0.1, -0.05) is 41.9 Å². The second-order valence-corrected chi connectivity index (χ2v) is 8.04. The number of amides is 1. The average molecular weight is 372 g/mol. The minimum absolute atomic E-state index is 0.0232. The molecule has 0 bridgehead atoms. The first-order chi connectivity index (χ1) is 11.6. The maximum absolute atomic E-state index is 12.9. The summed E-state index contributed by atoms with van der Waals surface area (Å²) in [5, 5.41) is 0.579. The minimum Gasteiger partial charge on any atom is -0.309 e. The predicted molar refractivity (Wildman–Crippen MR) is 104 cm³/mol. The van der Waals surface area contributed by atoms with Crippen LogP contribution in [-0.2, 0) is 5.75 Å². The molecule has 5 heteroatoms. The summed E-state index contributed by atoms with van der Waals surface area (Å²) in [5.74, 6) is 0.885. The molecular weight excluding hydrogens is 358 g/mol. The number of carbonyl (C=O) groups is 1. The highest BCUT2D eigenvalue weighted by Gasteiger charge is 2.24. The molecule has 0 saturated heterocycles. The van der Waals surface area contributed by atoms with E-state index in [1.807, 2.05) is 42.1 Å². The summed E-state index contributed by atoms with van der Waals surface area (Å²) in [6.07, 6.45) is 0. The van der Waals surface area contributed by atoms with Crippen LogP contribution in [0.2, 0.25) is 5.02 Å². The molecule has 24 heavy (non-hydrogen) atoms. The van der Waals surface area contributed by atoms with E-state index in [-0.39, 0.29) is 5.91 Å². The van der Waals surface area contributed by atoms with Gasteiger partial charge in [0.15, 0.2) is 0 Å². The van der Waals surface area contributed by atoms with E-state index in [2.05, 4.69) is 18.2 Å². The molecule has 0 atom stereocenters. The van der Waals surface area contributed by atoms with Gasteiger partial charge in [-0.15, -0.1) is 23.1 Å².